The van der Waals surface area contributed by atoms with E-state index in [4.69, 9.17) is 14.2 Å². The summed E-state index contributed by atoms with van der Waals surface area (Å²) < 4.78 is 15.7. The Morgan fingerprint density at radius 1 is 1.25 bits per heavy atom. The monoisotopic (exact) mass is 339 g/mol. The third-order valence-electron chi connectivity index (χ3n) is 4.40. The Balaban J connectivity index is 1.87. The van der Waals surface area contributed by atoms with Crippen molar-refractivity contribution in [2.45, 2.75) is 51.2 Å². The van der Waals surface area contributed by atoms with E-state index in [-0.39, 0.29) is 12.7 Å². The van der Waals surface area contributed by atoms with Crippen molar-refractivity contribution in [3.63, 3.8) is 0 Å². The molecule has 2 rings (SSSR count). The predicted molar refractivity (Wildman–Crippen MR) is 80.5 cm³/mol. The largest absolute Gasteiger partial charge is 0.550 e. The first-order chi connectivity index (χ1) is 11.4. The number of ether oxygens (including phenoxy) is 3. The zero-order valence-electron chi connectivity index (χ0n) is 13.8. The standard InChI is InChI=1S/C17H24O7/c1-10(2)16(20)22-8-7-13(14-9-23-14)24-17(21)12-6-4-3-5-11(12)15(18)19/h11-14H,1,3-9H2,2H3,(H,18,19)/p-1. The molecule has 0 spiro atoms. The summed E-state index contributed by atoms with van der Waals surface area (Å²) in [7, 11) is 0. The smallest absolute Gasteiger partial charge is 0.333 e. The van der Waals surface area contributed by atoms with E-state index >= 15 is 0 Å². The molecule has 0 radical (unpaired) electrons. The van der Waals surface area contributed by atoms with Crippen LogP contribution in [0.5, 0.6) is 0 Å². The van der Waals surface area contributed by atoms with Gasteiger partial charge >= 0.3 is 11.9 Å². The van der Waals surface area contributed by atoms with Gasteiger partial charge in [-0.3, -0.25) is 4.79 Å². The van der Waals surface area contributed by atoms with Gasteiger partial charge in [-0.25, -0.2) is 4.79 Å². The topological polar surface area (TPSA) is 105 Å². The quantitative estimate of drug-likeness (QED) is 0.357. The van der Waals surface area contributed by atoms with Crippen LogP contribution in [0.15, 0.2) is 12.2 Å². The number of carbonyl (C=O) groups excluding carboxylic acids is 3. The number of hydrogen-bond donors (Lipinski definition) is 0. The van der Waals surface area contributed by atoms with Crippen LogP contribution in [0.25, 0.3) is 0 Å². The van der Waals surface area contributed by atoms with Crippen molar-refractivity contribution in [1.29, 1.82) is 0 Å². The summed E-state index contributed by atoms with van der Waals surface area (Å²) in [6.45, 7) is 5.59. The maximum Gasteiger partial charge on any atom is 0.333 e. The number of carbonyl (C=O) groups is 3. The van der Waals surface area contributed by atoms with Crippen molar-refractivity contribution in [2.75, 3.05) is 13.2 Å². The van der Waals surface area contributed by atoms with Crippen LogP contribution >= 0.6 is 0 Å². The summed E-state index contributed by atoms with van der Waals surface area (Å²) >= 11 is 0. The second kappa shape index (κ2) is 8.28. The van der Waals surface area contributed by atoms with Gasteiger partial charge in [0.05, 0.1) is 19.1 Å². The lowest BCUT2D eigenvalue weighted by Crippen LogP contribution is -2.42. The highest BCUT2D eigenvalue weighted by Crippen LogP contribution is 2.32. The highest BCUT2D eigenvalue weighted by molar-refractivity contribution is 5.86. The molecule has 7 nitrogen and oxygen atoms in total. The maximum absolute atomic E-state index is 12.4. The lowest BCUT2D eigenvalue weighted by Gasteiger charge is -2.31. The Kier molecular flexibility index (Phi) is 6.36. The molecule has 0 bridgehead atoms. The molecule has 0 amide bonds. The zero-order valence-corrected chi connectivity index (χ0v) is 13.8. The molecule has 1 heterocycles. The fraction of sp³-hybridized carbons (Fsp3) is 0.706. The lowest BCUT2D eigenvalue weighted by molar-refractivity contribution is -0.314. The molecule has 2 aliphatic rings. The highest BCUT2D eigenvalue weighted by atomic mass is 16.6. The highest BCUT2D eigenvalue weighted by Gasteiger charge is 2.39. The van der Waals surface area contributed by atoms with Gasteiger partial charge in [0, 0.05) is 23.9 Å². The minimum absolute atomic E-state index is 0.0814. The van der Waals surface area contributed by atoms with E-state index in [9.17, 15) is 19.5 Å². The SMILES string of the molecule is C=C(C)C(=O)OCCC(OC(=O)C1CCCCC1C(=O)[O-])C1CO1. The van der Waals surface area contributed by atoms with Crippen molar-refractivity contribution in [1.82, 2.24) is 0 Å². The van der Waals surface area contributed by atoms with E-state index in [0.717, 1.165) is 12.8 Å². The van der Waals surface area contributed by atoms with Gasteiger partial charge < -0.3 is 24.1 Å². The Morgan fingerprint density at radius 3 is 2.42 bits per heavy atom. The molecule has 134 valence electrons. The molecular weight excluding hydrogens is 316 g/mol. The summed E-state index contributed by atoms with van der Waals surface area (Å²) in [5.74, 6) is -3.71. The van der Waals surface area contributed by atoms with Crippen LogP contribution in [0.2, 0.25) is 0 Å². The van der Waals surface area contributed by atoms with Crippen molar-refractivity contribution in [2.24, 2.45) is 11.8 Å². The molecule has 0 aromatic heterocycles. The molecule has 7 heteroatoms. The molecule has 0 aromatic carbocycles. The number of hydrogen-bond acceptors (Lipinski definition) is 7. The number of carboxylic acid groups (broad SMARTS) is 1. The molecule has 0 N–H and O–H groups in total. The van der Waals surface area contributed by atoms with E-state index in [1.165, 1.54) is 0 Å². The van der Waals surface area contributed by atoms with Gasteiger partial charge in [-0.2, -0.15) is 0 Å². The Bertz CT molecular complexity index is 509. The molecular formula is C17H23O7-. The second-order valence-corrected chi connectivity index (χ2v) is 6.37. The second-order valence-electron chi connectivity index (χ2n) is 6.37. The number of esters is 2. The van der Waals surface area contributed by atoms with Crippen LogP contribution < -0.4 is 5.11 Å². The fourth-order valence-corrected chi connectivity index (χ4v) is 2.91. The summed E-state index contributed by atoms with van der Waals surface area (Å²) in [5.41, 5.74) is 0.297. The first kappa shape index (κ1) is 18.4. The Labute approximate surface area is 140 Å². The molecule has 1 aliphatic heterocycles. The third-order valence-corrected chi connectivity index (χ3v) is 4.40. The van der Waals surface area contributed by atoms with Gasteiger partial charge in [-0.1, -0.05) is 19.4 Å². The molecule has 1 saturated heterocycles. The van der Waals surface area contributed by atoms with Crippen molar-refractivity contribution in [3.8, 4) is 0 Å². The van der Waals surface area contributed by atoms with Crippen LogP contribution in [-0.2, 0) is 28.6 Å². The maximum atomic E-state index is 12.4. The first-order valence-corrected chi connectivity index (χ1v) is 8.25. The van der Waals surface area contributed by atoms with Gasteiger partial charge in [-0.05, 0) is 19.8 Å². The molecule has 0 aromatic rings. The summed E-state index contributed by atoms with van der Waals surface area (Å²) in [5, 5.41) is 11.2. The van der Waals surface area contributed by atoms with E-state index in [0.29, 0.717) is 31.4 Å². The molecule has 1 aliphatic carbocycles. The van der Waals surface area contributed by atoms with Crippen molar-refractivity contribution >= 4 is 17.9 Å². The zero-order chi connectivity index (χ0) is 17.7. The van der Waals surface area contributed by atoms with E-state index in [1.54, 1.807) is 6.92 Å². The molecule has 1 saturated carbocycles. The van der Waals surface area contributed by atoms with Gasteiger partial charge in [-0.15, -0.1) is 0 Å². The van der Waals surface area contributed by atoms with Crippen molar-refractivity contribution in [3.05, 3.63) is 12.2 Å². The number of aliphatic carboxylic acids is 1. The number of rotatable bonds is 8. The van der Waals surface area contributed by atoms with E-state index in [1.807, 2.05) is 0 Å². The van der Waals surface area contributed by atoms with E-state index in [2.05, 4.69) is 6.58 Å². The van der Waals surface area contributed by atoms with Crippen LogP contribution in [0, 0.1) is 11.8 Å². The summed E-state index contributed by atoms with van der Waals surface area (Å²) in [6.07, 6.45) is 2.03. The average molecular weight is 339 g/mol. The minimum Gasteiger partial charge on any atom is -0.550 e. The molecule has 4 unspecified atom stereocenters. The first-order valence-electron chi connectivity index (χ1n) is 8.25. The third kappa shape index (κ3) is 5.06. The van der Waals surface area contributed by atoms with Crippen LogP contribution in [0.4, 0.5) is 0 Å². The van der Waals surface area contributed by atoms with Crippen molar-refractivity contribution < 1.29 is 33.7 Å². The summed E-state index contributed by atoms with van der Waals surface area (Å²) in [6, 6.07) is 0. The Morgan fingerprint density at radius 2 is 1.88 bits per heavy atom. The van der Waals surface area contributed by atoms with Gasteiger partial charge in [0.25, 0.3) is 0 Å². The van der Waals surface area contributed by atoms with E-state index < -0.39 is 35.8 Å². The number of epoxide rings is 1. The number of carboxylic acids is 1. The average Bonchev–Trinajstić information content (AvgIpc) is 3.38. The molecule has 4 atom stereocenters. The lowest BCUT2D eigenvalue weighted by atomic mass is 9.79. The van der Waals surface area contributed by atoms with Gasteiger partial charge in [0.15, 0.2) is 0 Å². The normalized spacial score (nSPS) is 27.0. The van der Waals surface area contributed by atoms with Gasteiger partial charge in [0.1, 0.15) is 12.2 Å². The fourth-order valence-electron chi connectivity index (χ4n) is 2.91. The molecule has 2 fully saturated rings. The minimum atomic E-state index is -1.20. The molecule has 24 heavy (non-hydrogen) atoms. The Hall–Kier alpha value is -1.89. The van der Waals surface area contributed by atoms with Crippen LogP contribution in [-0.4, -0.2) is 43.3 Å². The van der Waals surface area contributed by atoms with Crippen LogP contribution in [0.3, 0.4) is 0 Å². The van der Waals surface area contributed by atoms with Crippen LogP contribution in [0.1, 0.15) is 39.0 Å². The van der Waals surface area contributed by atoms with Gasteiger partial charge in [0.2, 0.25) is 0 Å². The predicted octanol–water partition coefficient (Wildman–Crippen LogP) is 0.363. The summed E-state index contributed by atoms with van der Waals surface area (Å²) in [4.78, 5) is 34.9.